The third kappa shape index (κ3) is 5.34. The van der Waals surface area contributed by atoms with E-state index in [1.54, 1.807) is 0 Å². The second kappa shape index (κ2) is 8.52. The van der Waals surface area contributed by atoms with Gasteiger partial charge < -0.3 is 10.1 Å². The van der Waals surface area contributed by atoms with Gasteiger partial charge in [0, 0.05) is 22.7 Å². The zero-order valence-corrected chi connectivity index (χ0v) is 13.5. The van der Waals surface area contributed by atoms with Crippen molar-refractivity contribution < 1.29 is 32.0 Å². The monoisotopic (exact) mass is 390 g/mol. The normalized spacial score (nSPS) is 10.8. The maximum absolute atomic E-state index is 12.4. The van der Waals surface area contributed by atoms with Crippen LogP contribution in [0.4, 0.5) is 28.9 Å². The largest absolute Gasteiger partial charge is 0.434 e. The first-order valence-electron chi connectivity index (χ1n) is 6.85. The second-order valence-corrected chi connectivity index (χ2v) is 5.74. The number of alkyl halides is 4. The van der Waals surface area contributed by atoms with Crippen LogP contribution in [0.15, 0.2) is 47.4 Å². The SMILES string of the molecule is O=C(Nc1ccc(SC(F)F)cc1)c1cc([N+](=O)[O-])ccc1OC(F)F. The van der Waals surface area contributed by atoms with Gasteiger partial charge in [-0.3, -0.25) is 14.9 Å². The zero-order chi connectivity index (χ0) is 19.3. The van der Waals surface area contributed by atoms with Crippen LogP contribution in [-0.2, 0) is 0 Å². The third-order valence-electron chi connectivity index (χ3n) is 2.97. The van der Waals surface area contributed by atoms with Gasteiger partial charge in [0.15, 0.2) is 0 Å². The van der Waals surface area contributed by atoms with Crippen LogP contribution in [0.2, 0.25) is 0 Å². The molecular formula is C15H10F4N2O4S. The molecule has 2 aromatic carbocycles. The number of anilines is 1. The number of non-ortho nitro benzene ring substituents is 1. The summed E-state index contributed by atoms with van der Waals surface area (Å²) in [4.78, 5) is 22.6. The van der Waals surface area contributed by atoms with Crippen LogP contribution >= 0.6 is 11.8 Å². The van der Waals surface area contributed by atoms with Crippen molar-refractivity contribution in [1.29, 1.82) is 0 Å². The van der Waals surface area contributed by atoms with Crippen LogP contribution in [0.25, 0.3) is 0 Å². The van der Waals surface area contributed by atoms with Gasteiger partial charge in [-0.05, 0) is 30.3 Å². The first-order chi connectivity index (χ1) is 12.3. The van der Waals surface area contributed by atoms with Gasteiger partial charge in [0.2, 0.25) is 0 Å². The average Bonchev–Trinajstić information content (AvgIpc) is 2.55. The van der Waals surface area contributed by atoms with Gasteiger partial charge in [0.25, 0.3) is 17.4 Å². The molecule has 1 N–H and O–H groups in total. The van der Waals surface area contributed by atoms with Crippen molar-refractivity contribution in [2.45, 2.75) is 17.3 Å². The summed E-state index contributed by atoms with van der Waals surface area (Å²) in [7, 11) is 0. The summed E-state index contributed by atoms with van der Waals surface area (Å²) in [5.74, 6) is -4.07. The Morgan fingerprint density at radius 2 is 1.77 bits per heavy atom. The van der Waals surface area contributed by atoms with Gasteiger partial charge in [-0.2, -0.15) is 17.6 Å². The molecule has 0 aliphatic carbocycles. The van der Waals surface area contributed by atoms with Gasteiger partial charge in [-0.25, -0.2) is 0 Å². The van der Waals surface area contributed by atoms with Crippen LogP contribution in [0.5, 0.6) is 5.75 Å². The van der Waals surface area contributed by atoms with Gasteiger partial charge >= 0.3 is 6.61 Å². The van der Waals surface area contributed by atoms with Crippen LogP contribution in [0.1, 0.15) is 10.4 Å². The smallest absolute Gasteiger partial charge is 0.387 e. The van der Waals surface area contributed by atoms with Crippen molar-refractivity contribution in [3.63, 3.8) is 0 Å². The van der Waals surface area contributed by atoms with Gasteiger partial charge in [-0.15, -0.1) is 0 Å². The maximum atomic E-state index is 12.4. The van der Waals surface area contributed by atoms with E-state index >= 15 is 0 Å². The number of halogens is 4. The summed E-state index contributed by atoms with van der Waals surface area (Å²) < 4.78 is 53.6. The number of nitrogens with one attached hydrogen (secondary N) is 1. The fourth-order valence-electron chi connectivity index (χ4n) is 1.93. The molecular weight excluding hydrogens is 380 g/mol. The molecule has 0 aliphatic heterocycles. The molecule has 0 atom stereocenters. The lowest BCUT2D eigenvalue weighted by Crippen LogP contribution is -2.15. The summed E-state index contributed by atoms with van der Waals surface area (Å²) in [5, 5.41) is 13.1. The molecule has 0 aliphatic rings. The van der Waals surface area contributed by atoms with Crippen molar-refractivity contribution in [2.24, 2.45) is 0 Å². The Hall–Kier alpha value is -2.82. The third-order valence-corrected chi connectivity index (χ3v) is 3.69. The topological polar surface area (TPSA) is 81.5 Å². The van der Waals surface area contributed by atoms with Crippen LogP contribution < -0.4 is 10.1 Å². The first-order valence-corrected chi connectivity index (χ1v) is 7.73. The minimum Gasteiger partial charge on any atom is -0.434 e. The molecule has 11 heteroatoms. The lowest BCUT2D eigenvalue weighted by molar-refractivity contribution is -0.384. The molecule has 6 nitrogen and oxygen atoms in total. The number of hydrogen-bond acceptors (Lipinski definition) is 5. The minimum absolute atomic E-state index is 0.183. The quantitative estimate of drug-likeness (QED) is 0.319. The summed E-state index contributed by atoms with van der Waals surface area (Å²) in [5.41, 5.74) is -0.769. The number of carbonyl (C=O) groups is 1. The first kappa shape index (κ1) is 19.5. The number of ether oxygens (including phenoxy) is 1. The second-order valence-electron chi connectivity index (χ2n) is 4.67. The Labute approximate surface area is 148 Å². The Balaban J connectivity index is 2.24. The molecule has 0 unspecified atom stereocenters. The van der Waals surface area contributed by atoms with E-state index in [-0.39, 0.29) is 10.6 Å². The lowest BCUT2D eigenvalue weighted by atomic mass is 10.1. The summed E-state index contributed by atoms with van der Waals surface area (Å²) in [6.07, 6.45) is 0. The van der Waals surface area contributed by atoms with Gasteiger partial charge in [0.1, 0.15) is 5.75 Å². The Morgan fingerprint density at radius 3 is 2.31 bits per heavy atom. The molecule has 26 heavy (non-hydrogen) atoms. The van der Waals surface area contributed by atoms with E-state index in [1.165, 1.54) is 24.3 Å². The molecule has 0 bridgehead atoms. The summed E-state index contributed by atoms with van der Waals surface area (Å²) >= 11 is 0.312. The standard InChI is InChI=1S/C15H10F4N2O4S/c16-14(17)25-12-6-3-9(21(23)24)7-11(12)13(22)20-8-1-4-10(5-2-8)26-15(18)19/h1-7,14-15H,(H,20,22). The van der Waals surface area contributed by atoms with E-state index in [2.05, 4.69) is 10.1 Å². The molecule has 1 amide bonds. The van der Waals surface area contributed by atoms with Crippen molar-refractivity contribution in [1.82, 2.24) is 0 Å². The molecule has 0 heterocycles. The molecule has 0 saturated carbocycles. The molecule has 0 fully saturated rings. The van der Waals surface area contributed by atoms with E-state index in [0.717, 1.165) is 18.2 Å². The number of nitrogens with zero attached hydrogens (tertiary/aromatic N) is 1. The van der Waals surface area contributed by atoms with Gasteiger partial charge in [-0.1, -0.05) is 11.8 Å². The van der Waals surface area contributed by atoms with E-state index in [1.807, 2.05) is 0 Å². The number of benzene rings is 2. The number of thioether (sulfide) groups is 1. The van der Waals surface area contributed by atoms with Gasteiger partial charge in [0.05, 0.1) is 10.5 Å². The highest BCUT2D eigenvalue weighted by molar-refractivity contribution is 7.99. The highest BCUT2D eigenvalue weighted by Crippen LogP contribution is 2.28. The van der Waals surface area contributed by atoms with Crippen LogP contribution in [0.3, 0.4) is 0 Å². The van der Waals surface area contributed by atoms with Crippen molar-refractivity contribution in [3.8, 4) is 5.75 Å². The number of carbonyl (C=O) groups excluding carboxylic acids is 1. The molecule has 0 radical (unpaired) electrons. The molecule has 0 aromatic heterocycles. The predicted molar refractivity (Wildman–Crippen MR) is 86.0 cm³/mol. The molecule has 2 rings (SSSR count). The fourth-order valence-corrected chi connectivity index (χ4v) is 2.42. The number of nitro benzene ring substituents is 1. The maximum Gasteiger partial charge on any atom is 0.387 e. The molecule has 0 saturated heterocycles. The highest BCUT2D eigenvalue weighted by atomic mass is 32.2. The molecule has 2 aromatic rings. The fraction of sp³-hybridized carbons (Fsp3) is 0.133. The minimum atomic E-state index is -3.23. The van der Waals surface area contributed by atoms with E-state index in [9.17, 15) is 32.5 Å². The molecule has 138 valence electrons. The predicted octanol–water partition coefficient (Wildman–Crippen LogP) is 4.76. The molecule has 0 spiro atoms. The number of nitro groups is 1. The summed E-state index contributed by atoms with van der Waals surface area (Å²) in [6, 6.07) is 7.93. The van der Waals surface area contributed by atoms with E-state index < -0.39 is 40.2 Å². The Kier molecular flexibility index (Phi) is 6.39. The Bertz CT molecular complexity index is 803. The van der Waals surface area contributed by atoms with E-state index in [0.29, 0.717) is 11.8 Å². The van der Waals surface area contributed by atoms with E-state index in [4.69, 9.17) is 0 Å². The van der Waals surface area contributed by atoms with Crippen molar-refractivity contribution in [3.05, 3.63) is 58.1 Å². The lowest BCUT2D eigenvalue weighted by Gasteiger charge is -2.11. The number of amides is 1. The zero-order valence-electron chi connectivity index (χ0n) is 12.7. The highest BCUT2D eigenvalue weighted by Gasteiger charge is 2.20. The summed E-state index contributed by atoms with van der Waals surface area (Å²) in [6.45, 7) is -3.23. The number of hydrogen-bond donors (Lipinski definition) is 1. The average molecular weight is 390 g/mol. The number of rotatable bonds is 7. The van der Waals surface area contributed by atoms with Crippen molar-refractivity contribution in [2.75, 3.05) is 5.32 Å². The van der Waals surface area contributed by atoms with Crippen molar-refractivity contribution >= 4 is 29.0 Å². The Morgan fingerprint density at radius 1 is 1.12 bits per heavy atom. The van der Waals surface area contributed by atoms with Crippen LogP contribution in [-0.4, -0.2) is 23.2 Å². The van der Waals surface area contributed by atoms with Crippen LogP contribution in [0, 0.1) is 10.1 Å².